The first-order valence-corrected chi connectivity index (χ1v) is 6.88. The molecule has 0 spiro atoms. The summed E-state index contributed by atoms with van der Waals surface area (Å²) >= 11 is 0. The molecule has 0 aromatic heterocycles. The van der Waals surface area contributed by atoms with Crippen molar-refractivity contribution >= 4 is 0 Å². The van der Waals surface area contributed by atoms with Gasteiger partial charge in [-0.2, -0.15) is 0 Å². The molecule has 3 unspecified atom stereocenters. The van der Waals surface area contributed by atoms with Crippen LogP contribution in [0.4, 0.5) is 0 Å². The average molecular weight is 247 g/mol. The molecule has 1 fully saturated rings. The Kier molecular flexibility index (Phi) is 3.27. The van der Waals surface area contributed by atoms with Crippen molar-refractivity contribution in [1.82, 2.24) is 5.32 Å². The van der Waals surface area contributed by atoms with Crippen molar-refractivity contribution in [2.45, 2.75) is 37.8 Å². The van der Waals surface area contributed by atoms with E-state index in [9.17, 15) is 5.11 Å². The fourth-order valence-electron chi connectivity index (χ4n) is 3.42. The molecule has 3 nitrogen and oxygen atoms in total. The van der Waals surface area contributed by atoms with Crippen LogP contribution in [0.15, 0.2) is 18.2 Å². The lowest BCUT2D eigenvalue weighted by molar-refractivity contribution is 0.0737. The number of nitrogens with one attached hydrogen (secondary N) is 1. The van der Waals surface area contributed by atoms with Gasteiger partial charge >= 0.3 is 0 Å². The number of methoxy groups -OCH3 is 1. The van der Waals surface area contributed by atoms with E-state index in [4.69, 9.17) is 4.74 Å². The van der Waals surface area contributed by atoms with Crippen molar-refractivity contribution in [2.75, 3.05) is 13.7 Å². The molecule has 3 atom stereocenters. The van der Waals surface area contributed by atoms with Gasteiger partial charge in [0.25, 0.3) is 0 Å². The summed E-state index contributed by atoms with van der Waals surface area (Å²) in [6.07, 6.45) is 4.23. The maximum atomic E-state index is 10.6. The van der Waals surface area contributed by atoms with Gasteiger partial charge in [-0.1, -0.05) is 6.07 Å². The fraction of sp³-hybridized carbons (Fsp3) is 0.600. The third-order valence-corrected chi connectivity index (χ3v) is 4.44. The molecule has 1 aliphatic heterocycles. The highest BCUT2D eigenvalue weighted by Crippen LogP contribution is 2.39. The number of aliphatic hydroxyl groups is 1. The minimum absolute atomic E-state index is 0.324. The van der Waals surface area contributed by atoms with Crippen LogP contribution in [0.2, 0.25) is 0 Å². The highest BCUT2D eigenvalue weighted by atomic mass is 16.5. The second kappa shape index (κ2) is 4.90. The molecule has 2 N–H and O–H groups in total. The van der Waals surface area contributed by atoms with Gasteiger partial charge in [0.2, 0.25) is 0 Å². The van der Waals surface area contributed by atoms with E-state index in [1.807, 2.05) is 12.1 Å². The zero-order chi connectivity index (χ0) is 12.5. The van der Waals surface area contributed by atoms with Crippen molar-refractivity contribution in [2.24, 2.45) is 5.92 Å². The van der Waals surface area contributed by atoms with E-state index >= 15 is 0 Å². The second-order valence-electron chi connectivity index (χ2n) is 5.41. The lowest BCUT2D eigenvalue weighted by Gasteiger charge is -2.34. The zero-order valence-corrected chi connectivity index (χ0v) is 10.9. The van der Waals surface area contributed by atoms with E-state index in [1.165, 1.54) is 18.4 Å². The number of hydrogen-bond acceptors (Lipinski definition) is 3. The Hall–Kier alpha value is -1.06. The van der Waals surface area contributed by atoms with E-state index in [2.05, 4.69) is 11.4 Å². The molecule has 0 amide bonds. The largest absolute Gasteiger partial charge is 0.497 e. The smallest absolute Gasteiger partial charge is 0.119 e. The minimum Gasteiger partial charge on any atom is -0.497 e. The van der Waals surface area contributed by atoms with Crippen LogP contribution >= 0.6 is 0 Å². The molecule has 18 heavy (non-hydrogen) atoms. The normalized spacial score (nSPS) is 31.1. The Morgan fingerprint density at radius 3 is 2.94 bits per heavy atom. The van der Waals surface area contributed by atoms with Gasteiger partial charge in [-0.15, -0.1) is 0 Å². The fourth-order valence-corrected chi connectivity index (χ4v) is 3.42. The van der Waals surface area contributed by atoms with Crippen LogP contribution in [0.3, 0.4) is 0 Å². The van der Waals surface area contributed by atoms with E-state index in [0.29, 0.717) is 12.0 Å². The third kappa shape index (κ3) is 2.02. The topological polar surface area (TPSA) is 41.5 Å². The molecule has 1 aliphatic carbocycles. The Balaban J connectivity index is 1.84. The summed E-state index contributed by atoms with van der Waals surface area (Å²) in [5.41, 5.74) is 2.34. The molecule has 1 aromatic rings. The van der Waals surface area contributed by atoms with Crippen molar-refractivity contribution in [3.8, 4) is 5.75 Å². The number of fused-ring (bicyclic) bond motifs is 1. The molecule has 1 heterocycles. The molecule has 0 bridgehead atoms. The van der Waals surface area contributed by atoms with Crippen molar-refractivity contribution < 1.29 is 9.84 Å². The molecule has 0 saturated carbocycles. The van der Waals surface area contributed by atoms with E-state index in [-0.39, 0.29) is 6.10 Å². The summed E-state index contributed by atoms with van der Waals surface area (Å²) in [6.45, 7) is 1.10. The summed E-state index contributed by atoms with van der Waals surface area (Å²) in [5.74, 6) is 1.26. The predicted molar refractivity (Wildman–Crippen MR) is 70.8 cm³/mol. The van der Waals surface area contributed by atoms with Crippen molar-refractivity contribution in [3.63, 3.8) is 0 Å². The monoisotopic (exact) mass is 247 g/mol. The number of aliphatic hydroxyl groups excluding tert-OH is 1. The van der Waals surface area contributed by atoms with Crippen LogP contribution in [-0.4, -0.2) is 24.8 Å². The van der Waals surface area contributed by atoms with Crippen LogP contribution in [0.5, 0.6) is 5.75 Å². The highest BCUT2D eigenvalue weighted by Gasteiger charge is 2.34. The van der Waals surface area contributed by atoms with Gasteiger partial charge in [0.1, 0.15) is 5.75 Å². The van der Waals surface area contributed by atoms with Gasteiger partial charge in [0.05, 0.1) is 13.2 Å². The molecule has 1 saturated heterocycles. The quantitative estimate of drug-likeness (QED) is 0.840. The van der Waals surface area contributed by atoms with Gasteiger partial charge in [-0.25, -0.2) is 0 Å². The Morgan fingerprint density at radius 1 is 1.33 bits per heavy atom. The Labute approximate surface area is 108 Å². The predicted octanol–water partition coefficient (Wildman–Crippen LogP) is 2.04. The summed E-state index contributed by atoms with van der Waals surface area (Å²) < 4.78 is 5.25. The van der Waals surface area contributed by atoms with E-state index in [0.717, 1.165) is 30.7 Å². The van der Waals surface area contributed by atoms with Crippen LogP contribution in [0, 0.1) is 5.92 Å². The highest BCUT2D eigenvalue weighted by molar-refractivity contribution is 5.39. The van der Waals surface area contributed by atoms with Crippen LogP contribution in [-0.2, 0) is 6.42 Å². The number of hydrogen-bond donors (Lipinski definition) is 2. The van der Waals surface area contributed by atoms with Crippen LogP contribution < -0.4 is 10.1 Å². The second-order valence-corrected chi connectivity index (χ2v) is 5.41. The molecule has 3 heteroatoms. The van der Waals surface area contributed by atoms with Gasteiger partial charge in [-0.3, -0.25) is 0 Å². The molecular weight excluding hydrogens is 226 g/mol. The molecule has 1 aromatic carbocycles. The molecule has 2 aliphatic rings. The maximum Gasteiger partial charge on any atom is 0.119 e. The minimum atomic E-state index is -0.324. The van der Waals surface area contributed by atoms with Crippen molar-refractivity contribution in [1.29, 1.82) is 0 Å². The van der Waals surface area contributed by atoms with Gasteiger partial charge in [-0.05, 0) is 55.5 Å². The zero-order valence-electron chi connectivity index (χ0n) is 10.9. The first kappa shape index (κ1) is 12.0. The van der Waals surface area contributed by atoms with E-state index < -0.39 is 0 Å². The van der Waals surface area contributed by atoms with Crippen LogP contribution in [0.1, 0.15) is 36.5 Å². The number of ether oxygens (including phenoxy) is 1. The molecule has 98 valence electrons. The standard InChI is InChI=1S/C15H21NO2/c1-18-11-5-7-12-10(9-11)4-6-13(15(12)17)14-3-2-8-16-14/h5,7,9,13-17H,2-4,6,8H2,1H3. The average Bonchev–Trinajstić information content (AvgIpc) is 2.92. The molecular formula is C15H21NO2. The lowest BCUT2D eigenvalue weighted by Crippen LogP contribution is -2.37. The summed E-state index contributed by atoms with van der Waals surface area (Å²) in [7, 11) is 1.69. The maximum absolute atomic E-state index is 10.6. The summed E-state index contributed by atoms with van der Waals surface area (Å²) in [6, 6.07) is 6.54. The molecule has 3 rings (SSSR count). The SMILES string of the molecule is COc1ccc2c(c1)CCC(C1CCCN1)C2O. The van der Waals surface area contributed by atoms with Gasteiger partial charge < -0.3 is 15.2 Å². The Morgan fingerprint density at radius 2 is 2.22 bits per heavy atom. The van der Waals surface area contributed by atoms with Gasteiger partial charge in [0, 0.05) is 12.0 Å². The molecule has 0 radical (unpaired) electrons. The first-order valence-electron chi connectivity index (χ1n) is 6.88. The Bertz CT molecular complexity index is 427. The number of aryl methyl sites for hydroxylation is 1. The van der Waals surface area contributed by atoms with Crippen molar-refractivity contribution in [3.05, 3.63) is 29.3 Å². The van der Waals surface area contributed by atoms with Gasteiger partial charge in [0.15, 0.2) is 0 Å². The number of rotatable bonds is 2. The third-order valence-electron chi connectivity index (χ3n) is 4.44. The first-order chi connectivity index (χ1) is 8.79. The number of benzene rings is 1. The summed E-state index contributed by atoms with van der Waals surface area (Å²) in [5, 5.41) is 14.1. The van der Waals surface area contributed by atoms with E-state index in [1.54, 1.807) is 7.11 Å². The summed E-state index contributed by atoms with van der Waals surface area (Å²) in [4.78, 5) is 0. The lowest BCUT2D eigenvalue weighted by atomic mass is 9.77. The van der Waals surface area contributed by atoms with Crippen LogP contribution in [0.25, 0.3) is 0 Å².